The number of hydrogen-bond acceptors (Lipinski definition) is 6. The number of benzene rings is 7. The molecule has 0 fully saturated rings. The van der Waals surface area contributed by atoms with Crippen LogP contribution in [0.1, 0.15) is 85.6 Å². The first-order chi connectivity index (χ1) is 37.1. The average Bonchev–Trinajstić information content (AvgIpc) is 3.98. The highest BCUT2D eigenvalue weighted by Gasteiger charge is 2.52. The minimum absolute atomic E-state index is 0.0859. The Bertz CT molecular complexity index is 2810. The molecule has 1 heterocycles. The highest BCUT2D eigenvalue weighted by molar-refractivity contribution is 7.10. The molecule has 400 valence electrons. The molecule has 0 saturated carbocycles. The quantitative estimate of drug-likeness (QED) is 0.0445. The third-order valence-electron chi connectivity index (χ3n) is 15.1. The summed E-state index contributed by atoms with van der Waals surface area (Å²) in [4.78, 5) is 3.66. The van der Waals surface area contributed by atoms with Gasteiger partial charge < -0.3 is 22.9 Å². The van der Waals surface area contributed by atoms with Crippen LogP contribution in [0.3, 0.4) is 0 Å². The first-order valence-electron chi connectivity index (χ1n) is 27.6. The lowest BCUT2D eigenvalue weighted by molar-refractivity contribution is 0.257. The molecule has 0 aliphatic heterocycles. The topological polar surface area (TPSA) is 40.2 Å². The molecule has 8 rings (SSSR count). The van der Waals surface area contributed by atoms with Crippen LogP contribution in [0, 0.1) is 0 Å². The maximum absolute atomic E-state index is 7.61. The largest absolute Gasteiger partial charge is 0.493 e. The van der Waals surface area contributed by atoms with E-state index in [0.29, 0.717) is 39.5 Å². The molecule has 1 aromatic heterocycles. The van der Waals surface area contributed by atoms with Gasteiger partial charge in [0.15, 0.2) is 0 Å². The van der Waals surface area contributed by atoms with E-state index >= 15 is 0 Å². The molecule has 8 aromatic rings. The molecule has 0 atom stereocenters. The summed E-state index contributed by atoms with van der Waals surface area (Å²) in [6.45, 7) is 24.7. The van der Waals surface area contributed by atoms with Crippen LogP contribution in [0.25, 0.3) is 12.2 Å². The van der Waals surface area contributed by atoms with Gasteiger partial charge in [-0.15, -0.1) is 11.3 Å². The second-order valence-corrected chi connectivity index (χ2v) is 37.0. The highest BCUT2D eigenvalue weighted by atomic mass is 32.1. The zero-order valence-corrected chi connectivity index (χ0v) is 50.9. The van der Waals surface area contributed by atoms with Crippen molar-refractivity contribution in [2.45, 2.75) is 90.3 Å². The van der Waals surface area contributed by atoms with Crippen LogP contribution >= 0.6 is 11.3 Å². The molecule has 7 aromatic carbocycles. The van der Waals surface area contributed by atoms with Crippen LogP contribution in [0.4, 0.5) is 5.69 Å². The third-order valence-corrected chi connectivity index (χ3v) is 31.0. The van der Waals surface area contributed by atoms with Gasteiger partial charge in [0, 0.05) is 41.9 Å². The Morgan fingerprint density at radius 1 is 0.390 bits per heavy atom. The van der Waals surface area contributed by atoms with Gasteiger partial charge in [-0.3, -0.25) is 0 Å². The van der Waals surface area contributed by atoms with Crippen molar-refractivity contribution in [1.29, 1.82) is 0 Å². The fourth-order valence-corrected chi connectivity index (χ4v) is 25.8. The van der Waals surface area contributed by atoms with Gasteiger partial charge >= 0.3 is 0 Å². The van der Waals surface area contributed by atoms with Crippen LogP contribution in [0.15, 0.2) is 218 Å². The van der Waals surface area contributed by atoms with E-state index in [1.54, 1.807) is 11.3 Å². The highest BCUT2D eigenvalue weighted by Crippen LogP contribution is 2.40. The molecule has 0 aliphatic rings. The summed E-state index contributed by atoms with van der Waals surface area (Å²) < 4.78 is 29.5. The van der Waals surface area contributed by atoms with Gasteiger partial charge in [0.1, 0.15) is 5.75 Å². The van der Waals surface area contributed by atoms with E-state index in [-0.39, 0.29) is 15.1 Å². The van der Waals surface area contributed by atoms with E-state index in [0.717, 1.165) is 29.8 Å². The van der Waals surface area contributed by atoms with E-state index in [9.17, 15) is 0 Å². The maximum atomic E-state index is 7.61. The van der Waals surface area contributed by atoms with Crippen molar-refractivity contribution in [1.82, 2.24) is 0 Å². The lowest BCUT2D eigenvalue weighted by Gasteiger charge is -2.44. The normalized spacial score (nSPS) is 12.7. The molecule has 0 N–H and O–H groups in total. The van der Waals surface area contributed by atoms with Crippen LogP contribution < -0.4 is 40.8 Å². The van der Waals surface area contributed by atoms with E-state index in [4.69, 9.17) is 18.0 Å². The summed E-state index contributed by atoms with van der Waals surface area (Å²) in [6, 6.07) is 76.7. The summed E-state index contributed by atoms with van der Waals surface area (Å²) in [5, 5.41) is 9.41. The maximum Gasteiger partial charge on any atom is 0.261 e. The van der Waals surface area contributed by atoms with Gasteiger partial charge in [-0.1, -0.05) is 250 Å². The minimum Gasteiger partial charge on any atom is -0.493 e. The Balaban J connectivity index is 1.11. The predicted octanol–water partition coefficient (Wildman–Crippen LogP) is 13.6. The molecule has 0 bridgehead atoms. The van der Waals surface area contributed by atoms with Crippen molar-refractivity contribution in [2.75, 3.05) is 44.4 Å². The Hall–Kier alpha value is -5.89. The van der Waals surface area contributed by atoms with Gasteiger partial charge in [-0.05, 0) is 94.8 Å². The number of hydrogen-bond donors (Lipinski definition) is 0. The molecule has 0 aliphatic carbocycles. The first-order valence-corrected chi connectivity index (χ1v) is 34.2. The standard InChI is InChI=1S/C68H81NO4SSi3/c1-66(2,3)75(59-32-16-10-17-33-59,60-34-18-11-19-35-60)71-51-29-28-50-70-65-55-57(46-44-56(65)45-47-58-31-30-54-74-58)69(48-52-72-76(67(4,5)6,61-36-20-12-21-37-61)62-38-22-13-23-39-62)49-53-73-77(68(7,8)9,63-40-24-14-25-41-63)64-42-26-15-27-43-64/h10-27,30-47,54-55H,28-29,48-53H2,1-9H3/b47-45+. The zero-order chi connectivity index (χ0) is 54.4. The summed E-state index contributed by atoms with van der Waals surface area (Å²) in [5.74, 6) is 0.856. The zero-order valence-electron chi connectivity index (χ0n) is 47.1. The molecule has 0 unspecified atom stereocenters. The Labute approximate surface area is 469 Å². The predicted molar refractivity (Wildman–Crippen MR) is 337 cm³/mol. The van der Waals surface area contributed by atoms with Gasteiger partial charge in [-0.25, -0.2) is 0 Å². The second-order valence-electron chi connectivity index (χ2n) is 23.1. The van der Waals surface area contributed by atoms with Crippen molar-refractivity contribution in [3.8, 4) is 5.75 Å². The lowest BCUT2D eigenvalue weighted by Crippen LogP contribution is -2.67. The van der Waals surface area contributed by atoms with E-state index in [2.05, 4.69) is 297 Å². The molecule has 9 heteroatoms. The molecular weight excluding hydrogens is 1010 g/mol. The number of rotatable bonds is 24. The molecule has 0 saturated heterocycles. The minimum atomic E-state index is -2.83. The van der Waals surface area contributed by atoms with E-state index in [1.807, 2.05) is 0 Å². The molecule has 77 heavy (non-hydrogen) atoms. The second kappa shape index (κ2) is 25.7. The number of anilines is 1. The molecule has 0 radical (unpaired) electrons. The van der Waals surface area contributed by atoms with Crippen molar-refractivity contribution in [2.24, 2.45) is 0 Å². The van der Waals surface area contributed by atoms with E-state index < -0.39 is 25.0 Å². The van der Waals surface area contributed by atoms with Gasteiger partial charge in [0.2, 0.25) is 0 Å². The van der Waals surface area contributed by atoms with Crippen LogP contribution in [-0.4, -0.2) is 64.5 Å². The number of ether oxygens (including phenoxy) is 1. The Kier molecular flexibility index (Phi) is 19.1. The van der Waals surface area contributed by atoms with Crippen molar-refractivity contribution in [3.05, 3.63) is 228 Å². The van der Waals surface area contributed by atoms with E-state index in [1.165, 1.54) is 36.0 Å². The van der Waals surface area contributed by atoms with Crippen molar-refractivity contribution < 1.29 is 18.0 Å². The number of unbranched alkanes of at least 4 members (excludes halogenated alkanes) is 1. The summed E-state index contributed by atoms with van der Waals surface area (Å²) in [5.41, 5.74) is 2.11. The molecule has 5 nitrogen and oxygen atoms in total. The SMILES string of the molecule is CC(C)(C)[Si](OCCCCOc1cc(N(CCO[Si](c2ccccc2)(c2ccccc2)C(C)(C)C)CCO[Si](c2ccccc2)(c2ccccc2)C(C)(C)C)ccc1/C=C/c1cccs1)(c1ccccc1)c1ccccc1. The average molecular weight is 1090 g/mol. The third kappa shape index (κ3) is 13.0. The monoisotopic (exact) mass is 1090 g/mol. The van der Waals surface area contributed by atoms with Gasteiger partial charge in [0.05, 0.1) is 19.8 Å². The fourth-order valence-electron chi connectivity index (χ4n) is 11.4. The van der Waals surface area contributed by atoms with Crippen molar-refractivity contribution in [3.63, 3.8) is 0 Å². The first kappa shape index (κ1) is 57.3. The van der Waals surface area contributed by atoms with Crippen LogP contribution in [0.2, 0.25) is 15.1 Å². The summed E-state index contributed by atoms with van der Waals surface area (Å²) in [7, 11) is -8.32. The van der Waals surface area contributed by atoms with Crippen molar-refractivity contribution >= 4 is 85.2 Å². The van der Waals surface area contributed by atoms with Crippen LogP contribution in [0.5, 0.6) is 5.75 Å². The van der Waals surface area contributed by atoms with Gasteiger partial charge in [-0.2, -0.15) is 0 Å². The molecule has 0 amide bonds. The summed E-state index contributed by atoms with van der Waals surface area (Å²) in [6.07, 6.45) is 6.10. The Morgan fingerprint density at radius 2 is 0.740 bits per heavy atom. The Morgan fingerprint density at radius 3 is 1.08 bits per heavy atom. The lowest BCUT2D eigenvalue weighted by atomic mass is 10.1. The fraction of sp³-hybridized carbons (Fsp3) is 0.294. The van der Waals surface area contributed by atoms with Gasteiger partial charge in [0.25, 0.3) is 25.0 Å². The molecular formula is C68H81NO4SSi3. The number of nitrogens with zero attached hydrogens (tertiary/aromatic N) is 1. The summed E-state index contributed by atoms with van der Waals surface area (Å²) >= 11 is 1.73. The van der Waals surface area contributed by atoms with Crippen LogP contribution in [-0.2, 0) is 13.3 Å². The smallest absolute Gasteiger partial charge is 0.261 e. The molecule has 0 spiro atoms. The number of thiophene rings is 1.